The summed E-state index contributed by atoms with van der Waals surface area (Å²) >= 11 is 0. The third-order valence-corrected chi connectivity index (χ3v) is 2.26. The lowest BCUT2D eigenvalue weighted by Gasteiger charge is -2.00. The van der Waals surface area contributed by atoms with Gasteiger partial charge in [0.05, 0.1) is 18.9 Å². The Balaban J connectivity index is 2.56. The van der Waals surface area contributed by atoms with Gasteiger partial charge in [-0.3, -0.25) is 9.59 Å². The van der Waals surface area contributed by atoms with E-state index in [1.165, 1.54) is 13.3 Å². The van der Waals surface area contributed by atoms with E-state index in [-0.39, 0.29) is 0 Å². The molecule has 2 N–H and O–H groups in total. The topological polar surface area (TPSA) is 96.9 Å². The van der Waals surface area contributed by atoms with Crippen LogP contribution in [0.5, 0.6) is 0 Å². The highest BCUT2D eigenvalue weighted by Gasteiger charge is 2.10. The van der Waals surface area contributed by atoms with Gasteiger partial charge in [-0.1, -0.05) is 12.1 Å². The second-order valence-electron chi connectivity index (χ2n) is 3.67. The number of benzene rings is 1. The number of nitrogens with one attached hydrogen (secondary N) is 2. The molecule has 1 aromatic rings. The van der Waals surface area contributed by atoms with Gasteiger partial charge in [0.2, 0.25) is 0 Å². The Hall–Kier alpha value is -2.70. The van der Waals surface area contributed by atoms with E-state index in [4.69, 9.17) is 0 Å². The summed E-state index contributed by atoms with van der Waals surface area (Å²) in [6, 6.07) is 6.40. The number of methoxy groups -OCH3 is 1. The molecule has 0 fully saturated rings. The third-order valence-electron chi connectivity index (χ3n) is 2.26. The Morgan fingerprint density at radius 2 is 1.85 bits per heavy atom. The quantitative estimate of drug-likeness (QED) is 0.352. The molecule has 0 atom stereocenters. The first-order valence-corrected chi connectivity index (χ1v) is 5.88. The zero-order chi connectivity index (χ0) is 15.0. The number of hydrogen-bond acceptors (Lipinski definition) is 5. The molecule has 20 heavy (non-hydrogen) atoms. The Morgan fingerprint density at radius 1 is 1.20 bits per heavy atom. The highest BCUT2D eigenvalue weighted by molar-refractivity contribution is 6.35. The minimum Gasteiger partial charge on any atom is -0.465 e. The Morgan fingerprint density at radius 3 is 2.40 bits per heavy atom. The lowest BCUT2D eigenvalue weighted by molar-refractivity contribution is -0.139. The Kier molecular flexibility index (Phi) is 5.89. The van der Waals surface area contributed by atoms with Gasteiger partial charge in [-0.15, -0.1) is 0 Å². The number of rotatable bonds is 4. The molecule has 106 valence electrons. The van der Waals surface area contributed by atoms with Crippen molar-refractivity contribution in [2.24, 2.45) is 5.10 Å². The molecule has 0 saturated heterocycles. The molecule has 0 heterocycles. The van der Waals surface area contributed by atoms with Crippen molar-refractivity contribution in [1.29, 1.82) is 0 Å². The van der Waals surface area contributed by atoms with Gasteiger partial charge in [-0.25, -0.2) is 10.2 Å². The maximum Gasteiger partial charge on any atom is 0.337 e. The van der Waals surface area contributed by atoms with E-state index in [0.717, 1.165) is 0 Å². The number of nitrogens with zero attached hydrogens (tertiary/aromatic N) is 1. The predicted octanol–water partition coefficient (Wildman–Crippen LogP) is 0.0594. The van der Waals surface area contributed by atoms with Gasteiger partial charge >= 0.3 is 17.8 Å². The molecule has 0 aromatic heterocycles. The molecule has 0 bridgehead atoms. The summed E-state index contributed by atoms with van der Waals surface area (Å²) < 4.78 is 4.56. The van der Waals surface area contributed by atoms with E-state index in [1.807, 2.05) is 0 Å². The molecule has 0 unspecified atom stereocenters. The number of hydrogen-bond donors (Lipinski definition) is 2. The van der Waals surface area contributed by atoms with Crippen molar-refractivity contribution < 1.29 is 19.1 Å². The average Bonchev–Trinajstić information content (AvgIpc) is 2.47. The number of likely N-dealkylation sites (N-methyl/N-ethyl adjacent to an activating group) is 1. The zero-order valence-corrected chi connectivity index (χ0v) is 11.2. The predicted molar refractivity (Wildman–Crippen MR) is 72.2 cm³/mol. The van der Waals surface area contributed by atoms with E-state index in [1.54, 1.807) is 31.2 Å². The van der Waals surface area contributed by atoms with Gasteiger partial charge in [0.25, 0.3) is 0 Å². The third kappa shape index (κ3) is 4.52. The fraction of sp³-hybridized carbons (Fsp3) is 0.231. The molecule has 0 aliphatic rings. The van der Waals surface area contributed by atoms with Gasteiger partial charge in [0, 0.05) is 6.54 Å². The van der Waals surface area contributed by atoms with Crippen LogP contribution < -0.4 is 10.7 Å². The SMILES string of the molecule is CCNC(=O)C(=O)N/N=C/c1ccc(C(=O)OC)cc1. The molecule has 7 nitrogen and oxygen atoms in total. The summed E-state index contributed by atoms with van der Waals surface area (Å²) in [5.41, 5.74) is 3.17. The van der Waals surface area contributed by atoms with Gasteiger partial charge in [-0.2, -0.15) is 5.10 Å². The highest BCUT2D eigenvalue weighted by atomic mass is 16.5. The van der Waals surface area contributed by atoms with Crippen LogP contribution in [0, 0.1) is 0 Å². The minimum atomic E-state index is -0.839. The lowest BCUT2D eigenvalue weighted by Crippen LogP contribution is -2.37. The monoisotopic (exact) mass is 277 g/mol. The van der Waals surface area contributed by atoms with Crippen molar-refractivity contribution in [1.82, 2.24) is 10.7 Å². The van der Waals surface area contributed by atoms with Crippen LogP contribution in [0.25, 0.3) is 0 Å². The number of carbonyl (C=O) groups is 3. The van der Waals surface area contributed by atoms with Crippen LogP contribution in [-0.4, -0.2) is 37.7 Å². The highest BCUT2D eigenvalue weighted by Crippen LogP contribution is 2.03. The van der Waals surface area contributed by atoms with Crippen LogP contribution >= 0.6 is 0 Å². The standard InChI is InChI=1S/C13H15N3O4/c1-3-14-11(17)12(18)16-15-8-9-4-6-10(7-5-9)13(19)20-2/h4-8H,3H2,1-2H3,(H,14,17)(H,16,18)/b15-8+. The fourth-order valence-electron chi connectivity index (χ4n) is 1.28. The molecule has 2 amide bonds. The summed E-state index contributed by atoms with van der Waals surface area (Å²) in [4.78, 5) is 33.5. The summed E-state index contributed by atoms with van der Waals surface area (Å²) in [6.45, 7) is 2.07. The van der Waals surface area contributed by atoms with Crippen molar-refractivity contribution in [2.45, 2.75) is 6.92 Å². The van der Waals surface area contributed by atoms with Crippen LogP contribution in [0.15, 0.2) is 29.4 Å². The lowest BCUT2D eigenvalue weighted by atomic mass is 10.1. The molecule has 0 aliphatic carbocycles. The number of amides is 2. The van der Waals surface area contributed by atoms with Crippen LogP contribution in [0.3, 0.4) is 0 Å². The number of esters is 1. The number of hydrazone groups is 1. The fourth-order valence-corrected chi connectivity index (χ4v) is 1.28. The van der Waals surface area contributed by atoms with Gasteiger partial charge in [-0.05, 0) is 24.6 Å². The van der Waals surface area contributed by atoms with Crippen molar-refractivity contribution in [2.75, 3.05) is 13.7 Å². The first-order valence-electron chi connectivity index (χ1n) is 5.88. The summed E-state index contributed by atoms with van der Waals surface area (Å²) in [5, 5.41) is 5.98. The number of carbonyl (C=O) groups excluding carboxylic acids is 3. The first-order chi connectivity index (χ1) is 9.58. The maximum absolute atomic E-state index is 11.2. The van der Waals surface area contributed by atoms with Gasteiger partial charge < -0.3 is 10.1 Å². The largest absolute Gasteiger partial charge is 0.465 e. The van der Waals surface area contributed by atoms with Crippen LogP contribution in [-0.2, 0) is 14.3 Å². The van der Waals surface area contributed by atoms with E-state index < -0.39 is 17.8 Å². The molecule has 0 aliphatic heterocycles. The molecule has 0 spiro atoms. The average molecular weight is 277 g/mol. The van der Waals surface area contributed by atoms with Crippen LogP contribution in [0.2, 0.25) is 0 Å². The molecule has 1 aromatic carbocycles. The van der Waals surface area contributed by atoms with E-state index >= 15 is 0 Å². The molecule has 0 radical (unpaired) electrons. The van der Waals surface area contributed by atoms with Crippen molar-refractivity contribution >= 4 is 24.0 Å². The second-order valence-corrected chi connectivity index (χ2v) is 3.67. The molecular formula is C13H15N3O4. The van der Waals surface area contributed by atoms with E-state index in [0.29, 0.717) is 17.7 Å². The minimum absolute atomic E-state index is 0.366. The first kappa shape index (κ1) is 15.4. The second kappa shape index (κ2) is 7.67. The van der Waals surface area contributed by atoms with Crippen molar-refractivity contribution in [3.63, 3.8) is 0 Å². The van der Waals surface area contributed by atoms with Crippen molar-refractivity contribution in [3.8, 4) is 0 Å². The van der Waals surface area contributed by atoms with Crippen LogP contribution in [0.1, 0.15) is 22.8 Å². The van der Waals surface area contributed by atoms with Gasteiger partial charge in [0.1, 0.15) is 0 Å². The summed E-state index contributed by atoms with van der Waals surface area (Å²) in [7, 11) is 1.30. The smallest absolute Gasteiger partial charge is 0.337 e. The van der Waals surface area contributed by atoms with E-state index in [2.05, 4.69) is 20.6 Å². The van der Waals surface area contributed by atoms with Crippen LogP contribution in [0.4, 0.5) is 0 Å². The summed E-state index contributed by atoms with van der Waals surface area (Å²) in [5.74, 6) is -2.02. The molecular weight excluding hydrogens is 262 g/mol. The summed E-state index contributed by atoms with van der Waals surface area (Å²) in [6.07, 6.45) is 1.36. The normalized spacial score (nSPS) is 10.1. The Bertz CT molecular complexity index is 523. The number of ether oxygens (including phenoxy) is 1. The molecule has 1 rings (SSSR count). The maximum atomic E-state index is 11.2. The van der Waals surface area contributed by atoms with E-state index in [9.17, 15) is 14.4 Å². The Labute approximate surface area is 116 Å². The van der Waals surface area contributed by atoms with Gasteiger partial charge in [0.15, 0.2) is 0 Å². The molecule has 7 heteroatoms. The zero-order valence-electron chi connectivity index (χ0n) is 11.2. The van der Waals surface area contributed by atoms with Crippen molar-refractivity contribution in [3.05, 3.63) is 35.4 Å². The molecule has 0 saturated carbocycles.